The fourth-order valence-corrected chi connectivity index (χ4v) is 4.01. The number of benzene rings is 2. The van der Waals surface area contributed by atoms with E-state index in [0.29, 0.717) is 17.0 Å². The van der Waals surface area contributed by atoms with E-state index in [1.165, 1.54) is 12.1 Å². The third-order valence-corrected chi connectivity index (χ3v) is 5.54. The number of amides is 2. The molecular formula is C23H19N3O6. The molecule has 162 valence electrons. The van der Waals surface area contributed by atoms with Gasteiger partial charge in [-0.25, -0.2) is 0 Å². The van der Waals surface area contributed by atoms with Crippen LogP contribution in [0.3, 0.4) is 0 Å². The second-order valence-corrected chi connectivity index (χ2v) is 7.39. The minimum atomic E-state index is -0.838. The highest BCUT2D eigenvalue weighted by molar-refractivity contribution is 6.24. The summed E-state index contributed by atoms with van der Waals surface area (Å²) in [6, 6.07) is 12.9. The molecule has 0 fully saturated rings. The number of Topliss-reactive ketones (excluding diaryl/α,β-unsaturated/α-hetero) is 1. The molecule has 0 spiro atoms. The lowest BCUT2D eigenvalue weighted by atomic mass is 10.1. The van der Waals surface area contributed by atoms with Crippen LogP contribution in [0, 0.1) is 24.0 Å². The minimum Gasteiger partial charge on any atom is -0.497 e. The number of hydrogen-bond acceptors (Lipinski definition) is 6. The fourth-order valence-electron chi connectivity index (χ4n) is 4.01. The average Bonchev–Trinajstić information content (AvgIpc) is 3.21. The van der Waals surface area contributed by atoms with Crippen LogP contribution in [-0.4, -0.2) is 45.6 Å². The zero-order valence-electron chi connectivity index (χ0n) is 17.6. The van der Waals surface area contributed by atoms with Crippen molar-refractivity contribution in [3.8, 4) is 11.4 Å². The molecule has 32 heavy (non-hydrogen) atoms. The number of carbonyl (C=O) groups is 3. The van der Waals surface area contributed by atoms with Crippen molar-refractivity contribution in [3.63, 3.8) is 0 Å². The van der Waals surface area contributed by atoms with Crippen LogP contribution in [0.1, 0.15) is 42.5 Å². The normalized spacial score (nSPS) is 12.8. The number of imide groups is 1. The van der Waals surface area contributed by atoms with Crippen LogP contribution in [0.25, 0.3) is 5.69 Å². The van der Waals surface area contributed by atoms with Gasteiger partial charge in [-0.2, -0.15) is 0 Å². The quantitative estimate of drug-likeness (QED) is 0.255. The standard InChI is InChI=1S/C23H19N3O6/c1-13-11-18(14(2)25(13)15-7-9-16(32-3)10-8-15)20(27)12-24-22(28)17-5-4-6-19(26(30)31)21(17)23(24)29/h4-11H,12H2,1-3H3. The molecule has 0 atom stereocenters. The highest BCUT2D eigenvalue weighted by atomic mass is 16.6. The summed E-state index contributed by atoms with van der Waals surface area (Å²) in [7, 11) is 1.58. The van der Waals surface area contributed by atoms with Crippen molar-refractivity contribution in [2.45, 2.75) is 13.8 Å². The monoisotopic (exact) mass is 433 g/mol. The molecule has 2 heterocycles. The molecule has 0 N–H and O–H groups in total. The van der Waals surface area contributed by atoms with Crippen LogP contribution in [0.15, 0.2) is 48.5 Å². The summed E-state index contributed by atoms with van der Waals surface area (Å²) in [5, 5.41) is 11.3. The van der Waals surface area contributed by atoms with Crippen molar-refractivity contribution in [3.05, 3.63) is 86.7 Å². The zero-order valence-corrected chi connectivity index (χ0v) is 17.6. The first kappa shape index (κ1) is 21.0. The Kier molecular flexibility index (Phi) is 5.09. The molecule has 0 aliphatic carbocycles. The van der Waals surface area contributed by atoms with E-state index in [0.717, 1.165) is 22.3 Å². The van der Waals surface area contributed by atoms with E-state index < -0.39 is 34.8 Å². The molecule has 2 aromatic carbocycles. The molecule has 1 aromatic heterocycles. The predicted octanol–water partition coefficient (Wildman–Crippen LogP) is 3.49. The summed E-state index contributed by atoms with van der Waals surface area (Å²) >= 11 is 0. The maximum absolute atomic E-state index is 13.1. The molecule has 1 aliphatic heterocycles. The molecule has 1 aliphatic rings. The second kappa shape index (κ2) is 7.77. The summed E-state index contributed by atoms with van der Waals surface area (Å²) in [6.45, 7) is 3.12. The van der Waals surface area contributed by atoms with Crippen LogP contribution in [0.4, 0.5) is 5.69 Å². The van der Waals surface area contributed by atoms with Crippen LogP contribution in [0.2, 0.25) is 0 Å². The van der Waals surface area contributed by atoms with Crippen molar-refractivity contribution < 1.29 is 24.0 Å². The smallest absolute Gasteiger partial charge is 0.282 e. The Balaban J connectivity index is 1.64. The molecule has 4 rings (SSSR count). The van der Waals surface area contributed by atoms with Crippen molar-refractivity contribution in [2.75, 3.05) is 13.7 Å². The van der Waals surface area contributed by atoms with Crippen molar-refractivity contribution in [1.82, 2.24) is 9.47 Å². The number of nitrogens with zero attached hydrogens (tertiary/aromatic N) is 3. The number of rotatable bonds is 6. The summed E-state index contributed by atoms with van der Waals surface area (Å²) in [4.78, 5) is 49.9. The Morgan fingerprint density at radius 1 is 1.06 bits per heavy atom. The number of ketones is 1. The first-order valence-electron chi connectivity index (χ1n) is 9.74. The molecule has 0 radical (unpaired) electrons. The molecular weight excluding hydrogens is 414 g/mol. The number of nitro groups is 1. The van der Waals surface area contributed by atoms with E-state index in [9.17, 15) is 24.5 Å². The van der Waals surface area contributed by atoms with E-state index in [1.807, 2.05) is 23.6 Å². The van der Waals surface area contributed by atoms with E-state index in [2.05, 4.69) is 0 Å². The lowest BCUT2D eigenvalue weighted by molar-refractivity contribution is -0.385. The zero-order chi connectivity index (χ0) is 23.2. The number of hydrogen-bond donors (Lipinski definition) is 0. The molecule has 9 nitrogen and oxygen atoms in total. The van der Waals surface area contributed by atoms with Crippen molar-refractivity contribution >= 4 is 23.3 Å². The number of methoxy groups -OCH3 is 1. The predicted molar refractivity (Wildman–Crippen MR) is 115 cm³/mol. The maximum Gasteiger partial charge on any atom is 0.282 e. The van der Waals surface area contributed by atoms with Crippen molar-refractivity contribution in [2.24, 2.45) is 0 Å². The average molecular weight is 433 g/mol. The Morgan fingerprint density at radius 2 is 1.75 bits per heavy atom. The van der Waals surface area contributed by atoms with Gasteiger partial charge >= 0.3 is 0 Å². The topological polar surface area (TPSA) is 112 Å². The van der Waals surface area contributed by atoms with Crippen LogP contribution >= 0.6 is 0 Å². The van der Waals surface area contributed by atoms with E-state index in [4.69, 9.17) is 4.74 Å². The summed E-state index contributed by atoms with van der Waals surface area (Å²) in [5.41, 5.74) is 1.85. The van der Waals surface area contributed by atoms with Gasteiger partial charge in [-0.1, -0.05) is 6.07 Å². The van der Waals surface area contributed by atoms with E-state index in [-0.39, 0.29) is 11.1 Å². The van der Waals surface area contributed by atoms with Gasteiger partial charge < -0.3 is 9.30 Å². The lowest BCUT2D eigenvalue weighted by Gasteiger charge is -2.13. The Hall–Kier alpha value is -4.27. The van der Waals surface area contributed by atoms with Crippen LogP contribution in [-0.2, 0) is 0 Å². The number of carbonyl (C=O) groups excluding carboxylic acids is 3. The Labute approximate surface area is 183 Å². The second-order valence-electron chi connectivity index (χ2n) is 7.39. The first-order valence-corrected chi connectivity index (χ1v) is 9.74. The van der Waals surface area contributed by atoms with Gasteiger partial charge in [0.2, 0.25) is 0 Å². The highest BCUT2D eigenvalue weighted by Crippen LogP contribution is 2.31. The van der Waals surface area contributed by atoms with Gasteiger partial charge in [0, 0.05) is 28.7 Å². The third-order valence-electron chi connectivity index (χ3n) is 5.54. The molecule has 0 saturated heterocycles. The third kappa shape index (κ3) is 3.24. The van der Waals surface area contributed by atoms with Gasteiger partial charge in [-0.05, 0) is 50.2 Å². The SMILES string of the molecule is COc1ccc(-n2c(C)cc(C(=O)CN3C(=O)c4cccc([N+](=O)[O-])c4C3=O)c2C)cc1. The van der Waals surface area contributed by atoms with Gasteiger partial charge in [0.25, 0.3) is 17.5 Å². The van der Waals surface area contributed by atoms with Gasteiger partial charge in [0.05, 0.1) is 24.1 Å². The maximum atomic E-state index is 13.1. The molecule has 0 saturated carbocycles. The number of fused-ring (bicyclic) bond motifs is 1. The molecule has 0 unspecified atom stereocenters. The molecule has 9 heteroatoms. The molecule has 2 amide bonds. The Morgan fingerprint density at radius 3 is 2.38 bits per heavy atom. The summed E-state index contributed by atoms with van der Waals surface area (Å²) < 4.78 is 7.07. The number of nitro benzene ring substituents is 1. The molecule has 3 aromatic rings. The van der Waals surface area contributed by atoms with E-state index in [1.54, 1.807) is 32.2 Å². The molecule has 0 bridgehead atoms. The fraction of sp³-hybridized carbons (Fsp3) is 0.174. The number of aryl methyl sites for hydroxylation is 1. The number of aromatic nitrogens is 1. The van der Waals surface area contributed by atoms with Gasteiger partial charge in [0.15, 0.2) is 5.78 Å². The lowest BCUT2D eigenvalue weighted by Crippen LogP contribution is -2.35. The first-order chi connectivity index (χ1) is 15.2. The Bertz CT molecular complexity index is 1290. The minimum absolute atomic E-state index is 0.0688. The van der Waals surface area contributed by atoms with Gasteiger partial charge in [-0.3, -0.25) is 29.4 Å². The van der Waals surface area contributed by atoms with Crippen molar-refractivity contribution in [1.29, 1.82) is 0 Å². The summed E-state index contributed by atoms with van der Waals surface area (Å²) in [5.74, 6) is -1.29. The summed E-state index contributed by atoms with van der Waals surface area (Å²) in [6.07, 6.45) is 0. The van der Waals surface area contributed by atoms with Gasteiger partial charge in [0.1, 0.15) is 11.3 Å². The highest BCUT2D eigenvalue weighted by Gasteiger charge is 2.42. The largest absolute Gasteiger partial charge is 0.497 e. The van der Waals surface area contributed by atoms with Crippen LogP contribution < -0.4 is 4.74 Å². The van der Waals surface area contributed by atoms with E-state index >= 15 is 0 Å². The van der Waals surface area contributed by atoms with Crippen LogP contribution in [0.5, 0.6) is 5.75 Å². The number of ether oxygens (including phenoxy) is 1. The van der Waals surface area contributed by atoms with Gasteiger partial charge in [-0.15, -0.1) is 0 Å².